The van der Waals surface area contributed by atoms with E-state index in [1.54, 1.807) is 0 Å². The summed E-state index contributed by atoms with van der Waals surface area (Å²) < 4.78 is 5.75. The van der Waals surface area contributed by atoms with Crippen LogP contribution in [-0.4, -0.2) is 37.3 Å². The first kappa shape index (κ1) is 8.85. The molecule has 0 aromatic carbocycles. The maximum atomic E-state index is 5.75. The third kappa shape index (κ3) is 1.63. The molecule has 0 aliphatic carbocycles. The zero-order valence-corrected chi connectivity index (χ0v) is 8.40. The number of fused-ring (bicyclic) bond motifs is 1. The molecule has 12 heavy (non-hydrogen) atoms. The highest BCUT2D eigenvalue weighted by molar-refractivity contribution is 8.00. The van der Waals surface area contributed by atoms with Crippen molar-refractivity contribution in [3.8, 4) is 0 Å². The second kappa shape index (κ2) is 3.99. The monoisotopic (exact) mass is 187 g/mol. The average molecular weight is 187 g/mol. The number of nitrogens with one attached hydrogen (secondary N) is 1. The molecule has 0 aromatic rings. The van der Waals surface area contributed by atoms with Crippen molar-refractivity contribution in [2.75, 3.05) is 26.0 Å². The van der Waals surface area contributed by atoms with Crippen LogP contribution < -0.4 is 5.32 Å². The lowest BCUT2D eigenvalue weighted by atomic mass is 9.93. The van der Waals surface area contributed by atoms with E-state index in [4.69, 9.17) is 4.74 Å². The van der Waals surface area contributed by atoms with E-state index < -0.39 is 0 Å². The van der Waals surface area contributed by atoms with Gasteiger partial charge in [-0.2, -0.15) is 11.8 Å². The van der Waals surface area contributed by atoms with Gasteiger partial charge in [-0.05, 0) is 31.6 Å². The van der Waals surface area contributed by atoms with Crippen molar-refractivity contribution < 1.29 is 4.74 Å². The van der Waals surface area contributed by atoms with Crippen molar-refractivity contribution in [1.82, 2.24) is 5.32 Å². The van der Waals surface area contributed by atoms with Crippen molar-refractivity contribution in [3.63, 3.8) is 0 Å². The van der Waals surface area contributed by atoms with E-state index in [2.05, 4.69) is 17.1 Å². The summed E-state index contributed by atoms with van der Waals surface area (Å²) in [7, 11) is 2.01. The van der Waals surface area contributed by atoms with Crippen LogP contribution in [0, 0.1) is 5.92 Å². The minimum Gasteiger partial charge on any atom is -0.376 e. The molecular weight excluding hydrogens is 170 g/mol. The summed E-state index contributed by atoms with van der Waals surface area (Å²) in [6.45, 7) is 2.00. The number of hydrogen-bond donors (Lipinski definition) is 1. The van der Waals surface area contributed by atoms with Gasteiger partial charge >= 0.3 is 0 Å². The van der Waals surface area contributed by atoms with Gasteiger partial charge in [0.2, 0.25) is 0 Å². The number of ether oxygens (including phenoxy) is 1. The highest BCUT2D eigenvalue weighted by Gasteiger charge is 2.37. The number of rotatable bonds is 2. The van der Waals surface area contributed by atoms with Crippen LogP contribution >= 0.6 is 11.8 Å². The number of likely N-dealkylation sites (N-methyl/N-ethyl adjacent to an activating group) is 1. The van der Waals surface area contributed by atoms with Gasteiger partial charge in [0.25, 0.3) is 0 Å². The van der Waals surface area contributed by atoms with Gasteiger partial charge < -0.3 is 10.1 Å². The molecule has 2 aliphatic rings. The molecule has 0 bridgehead atoms. The normalized spacial score (nSPS) is 41.2. The molecule has 2 rings (SSSR count). The molecule has 2 heterocycles. The van der Waals surface area contributed by atoms with Crippen LogP contribution in [-0.2, 0) is 4.74 Å². The summed E-state index contributed by atoms with van der Waals surface area (Å²) in [5.74, 6) is 2.29. The zero-order chi connectivity index (χ0) is 8.39. The van der Waals surface area contributed by atoms with E-state index in [9.17, 15) is 0 Å². The molecule has 0 spiro atoms. The molecule has 0 amide bonds. The maximum Gasteiger partial charge on any atom is 0.0820 e. The fourth-order valence-electron chi connectivity index (χ4n) is 2.22. The Morgan fingerprint density at radius 1 is 1.50 bits per heavy atom. The minimum atomic E-state index is 0.473. The minimum absolute atomic E-state index is 0.473. The van der Waals surface area contributed by atoms with Crippen molar-refractivity contribution in [3.05, 3.63) is 0 Å². The molecule has 2 fully saturated rings. The molecule has 70 valence electrons. The van der Waals surface area contributed by atoms with Crippen molar-refractivity contribution in [2.45, 2.75) is 24.2 Å². The molecule has 2 saturated heterocycles. The topological polar surface area (TPSA) is 21.3 Å². The van der Waals surface area contributed by atoms with Crippen LogP contribution in [0.15, 0.2) is 0 Å². The second-order valence-corrected chi connectivity index (χ2v) is 4.93. The Labute approximate surface area is 78.4 Å². The Hall–Kier alpha value is 0.270. The summed E-state index contributed by atoms with van der Waals surface area (Å²) in [6, 6.07) is 0. The Morgan fingerprint density at radius 3 is 3.25 bits per heavy atom. The largest absolute Gasteiger partial charge is 0.376 e. The standard InChI is InChI=1S/C9H17NOS/c1-10-6-8-9-7(2-4-11-8)3-5-12-9/h7-10H,2-6H2,1H3. The molecule has 0 aromatic heterocycles. The highest BCUT2D eigenvalue weighted by Crippen LogP contribution is 2.40. The van der Waals surface area contributed by atoms with E-state index in [0.717, 1.165) is 24.3 Å². The first-order valence-corrected chi connectivity index (χ1v) is 5.84. The first-order valence-electron chi connectivity index (χ1n) is 4.79. The molecular formula is C9H17NOS. The lowest BCUT2D eigenvalue weighted by Crippen LogP contribution is -2.42. The lowest BCUT2D eigenvalue weighted by Gasteiger charge is -2.33. The predicted molar refractivity (Wildman–Crippen MR) is 52.6 cm³/mol. The molecule has 3 unspecified atom stereocenters. The maximum absolute atomic E-state index is 5.75. The van der Waals surface area contributed by atoms with E-state index in [0.29, 0.717) is 6.10 Å². The van der Waals surface area contributed by atoms with Gasteiger partial charge in [-0.3, -0.25) is 0 Å². The molecule has 1 N–H and O–H groups in total. The number of thioether (sulfide) groups is 1. The molecule has 2 aliphatic heterocycles. The third-order valence-electron chi connectivity index (χ3n) is 2.86. The SMILES string of the molecule is CNCC1OCCC2CCSC21. The predicted octanol–water partition coefficient (Wildman–Crippen LogP) is 1.12. The van der Waals surface area contributed by atoms with Gasteiger partial charge in [0.1, 0.15) is 0 Å². The Bertz CT molecular complexity index is 151. The number of hydrogen-bond acceptors (Lipinski definition) is 3. The van der Waals surface area contributed by atoms with Gasteiger partial charge in [-0.25, -0.2) is 0 Å². The molecule has 2 nitrogen and oxygen atoms in total. The fourth-order valence-corrected chi connectivity index (χ4v) is 3.86. The van der Waals surface area contributed by atoms with Gasteiger partial charge in [0.05, 0.1) is 6.10 Å². The lowest BCUT2D eigenvalue weighted by molar-refractivity contribution is 0.00183. The van der Waals surface area contributed by atoms with Crippen LogP contribution in [0.2, 0.25) is 0 Å². The summed E-state index contributed by atoms with van der Waals surface area (Å²) in [6.07, 6.45) is 3.18. The summed E-state index contributed by atoms with van der Waals surface area (Å²) >= 11 is 2.11. The van der Waals surface area contributed by atoms with Crippen molar-refractivity contribution in [1.29, 1.82) is 0 Å². The van der Waals surface area contributed by atoms with Crippen LogP contribution in [0.5, 0.6) is 0 Å². The van der Waals surface area contributed by atoms with E-state index in [-0.39, 0.29) is 0 Å². The van der Waals surface area contributed by atoms with Crippen molar-refractivity contribution in [2.24, 2.45) is 5.92 Å². The second-order valence-electron chi connectivity index (χ2n) is 3.64. The molecule has 3 heteroatoms. The van der Waals surface area contributed by atoms with Gasteiger partial charge in [0.15, 0.2) is 0 Å². The summed E-state index contributed by atoms with van der Waals surface area (Å²) in [5, 5.41) is 4.00. The van der Waals surface area contributed by atoms with Crippen molar-refractivity contribution >= 4 is 11.8 Å². The van der Waals surface area contributed by atoms with Crippen LogP contribution in [0.25, 0.3) is 0 Å². The van der Waals surface area contributed by atoms with Crippen LogP contribution in [0.1, 0.15) is 12.8 Å². The third-order valence-corrected chi connectivity index (χ3v) is 4.40. The van der Waals surface area contributed by atoms with Gasteiger partial charge in [-0.15, -0.1) is 0 Å². The van der Waals surface area contributed by atoms with E-state index in [1.807, 2.05) is 7.05 Å². The van der Waals surface area contributed by atoms with Crippen LogP contribution in [0.4, 0.5) is 0 Å². The average Bonchev–Trinajstić information content (AvgIpc) is 2.53. The van der Waals surface area contributed by atoms with Crippen LogP contribution in [0.3, 0.4) is 0 Å². The van der Waals surface area contributed by atoms with E-state index in [1.165, 1.54) is 18.6 Å². The quantitative estimate of drug-likeness (QED) is 0.700. The molecule has 3 atom stereocenters. The first-order chi connectivity index (χ1) is 5.92. The molecule has 0 saturated carbocycles. The molecule has 0 radical (unpaired) electrons. The smallest absolute Gasteiger partial charge is 0.0820 e. The van der Waals surface area contributed by atoms with Gasteiger partial charge in [0, 0.05) is 18.4 Å². The highest BCUT2D eigenvalue weighted by atomic mass is 32.2. The summed E-state index contributed by atoms with van der Waals surface area (Å²) in [5.41, 5.74) is 0. The zero-order valence-electron chi connectivity index (χ0n) is 7.58. The Balaban J connectivity index is 1.94. The van der Waals surface area contributed by atoms with E-state index >= 15 is 0 Å². The Kier molecular flexibility index (Phi) is 2.94. The fraction of sp³-hybridized carbons (Fsp3) is 1.00. The Morgan fingerprint density at radius 2 is 2.42 bits per heavy atom. The summed E-state index contributed by atoms with van der Waals surface area (Å²) in [4.78, 5) is 0. The van der Waals surface area contributed by atoms with Gasteiger partial charge in [-0.1, -0.05) is 0 Å².